The van der Waals surface area contributed by atoms with Crippen molar-refractivity contribution in [3.05, 3.63) is 51.4 Å². The Balaban J connectivity index is 2.71. The second kappa shape index (κ2) is 5.88. The van der Waals surface area contributed by atoms with Crippen LogP contribution in [0.3, 0.4) is 0 Å². The summed E-state index contributed by atoms with van der Waals surface area (Å²) in [6, 6.07) is 5.41. The highest BCUT2D eigenvalue weighted by Gasteiger charge is 2.14. The third-order valence-corrected chi connectivity index (χ3v) is 3.17. The monoisotopic (exact) mass is 309 g/mol. The van der Waals surface area contributed by atoms with Gasteiger partial charge in [-0.3, -0.25) is 9.36 Å². The van der Waals surface area contributed by atoms with Crippen LogP contribution in [0.4, 0.5) is 0 Å². The lowest BCUT2D eigenvalue weighted by Gasteiger charge is -2.14. The molecule has 0 aliphatic heterocycles. The largest absolute Gasteiger partial charge is 0.495 e. The molecule has 110 valence electrons. The molecule has 0 saturated carbocycles. The van der Waals surface area contributed by atoms with Gasteiger partial charge in [-0.25, -0.2) is 4.79 Å². The van der Waals surface area contributed by atoms with E-state index >= 15 is 0 Å². The molecule has 1 aromatic heterocycles. The van der Waals surface area contributed by atoms with Crippen LogP contribution in [0.25, 0.3) is 5.69 Å². The number of nitrogens with zero attached hydrogens (tertiary/aromatic N) is 1. The number of methoxy groups -OCH3 is 2. The summed E-state index contributed by atoms with van der Waals surface area (Å²) in [5, 5.41) is 9.30. The number of aromatic nitrogens is 1. The molecule has 0 bridgehead atoms. The van der Waals surface area contributed by atoms with Gasteiger partial charge in [-0.15, -0.1) is 0 Å². The van der Waals surface area contributed by atoms with Crippen molar-refractivity contribution in [3.8, 4) is 17.2 Å². The Morgan fingerprint density at radius 1 is 1.19 bits per heavy atom. The summed E-state index contributed by atoms with van der Waals surface area (Å²) in [6.45, 7) is 0. The van der Waals surface area contributed by atoms with Crippen molar-refractivity contribution in [3.63, 3.8) is 0 Å². The number of pyridine rings is 1. The van der Waals surface area contributed by atoms with Crippen LogP contribution in [0.1, 0.15) is 10.4 Å². The van der Waals surface area contributed by atoms with E-state index < -0.39 is 11.5 Å². The normalized spacial score (nSPS) is 10.2. The summed E-state index contributed by atoms with van der Waals surface area (Å²) >= 11 is 6.05. The second-order valence-corrected chi connectivity index (χ2v) is 4.50. The van der Waals surface area contributed by atoms with Crippen LogP contribution in [0, 0.1) is 0 Å². The molecule has 6 nitrogen and oxygen atoms in total. The number of carboxylic acids is 1. The molecule has 7 heteroatoms. The Hall–Kier alpha value is -2.47. The Kier molecular flexibility index (Phi) is 4.18. The first-order valence-electron chi connectivity index (χ1n) is 5.86. The molecule has 0 aliphatic carbocycles. The van der Waals surface area contributed by atoms with Crippen molar-refractivity contribution in [1.82, 2.24) is 4.57 Å². The standard InChI is InChI=1S/C14H12ClNO5/c1-20-11-6-12(21-2)10(5-9(11)15)16-7-8(14(18)19)3-4-13(16)17/h3-7H,1-2H3,(H,18,19). The van der Waals surface area contributed by atoms with E-state index in [0.29, 0.717) is 17.2 Å². The van der Waals surface area contributed by atoms with Gasteiger partial charge in [0.15, 0.2) is 0 Å². The smallest absolute Gasteiger partial charge is 0.337 e. The average molecular weight is 310 g/mol. The Morgan fingerprint density at radius 2 is 1.86 bits per heavy atom. The minimum atomic E-state index is -1.14. The van der Waals surface area contributed by atoms with Gasteiger partial charge >= 0.3 is 5.97 Å². The molecule has 1 N–H and O–H groups in total. The average Bonchev–Trinajstić information content (AvgIpc) is 2.47. The van der Waals surface area contributed by atoms with Crippen LogP contribution in [-0.2, 0) is 0 Å². The third kappa shape index (κ3) is 2.85. The van der Waals surface area contributed by atoms with Gasteiger partial charge in [0.2, 0.25) is 0 Å². The first-order valence-corrected chi connectivity index (χ1v) is 6.23. The number of carbonyl (C=O) groups is 1. The molecule has 0 saturated heterocycles. The molecule has 0 amide bonds. The zero-order chi connectivity index (χ0) is 15.6. The molecule has 2 aromatic rings. The molecule has 0 atom stereocenters. The van der Waals surface area contributed by atoms with E-state index in [9.17, 15) is 9.59 Å². The number of benzene rings is 1. The first kappa shape index (κ1) is 14.9. The Morgan fingerprint density at radius 3 is 2.43 bits per heavy atom. The number of ether oxygens (including phenoxy) is 2. The van der Waals surface area contributed by atoms with Gasteiger partial charge in [0.1, 0.15) is 11.5 Å². The fraction of sp³-hybridized carbons (Fsp3) is 0.143. The van der Waals surface area contributed by atoms with Gasteiger partial charge in [0, 0.05) is 18.3 Å². The van der Waals surface area contributed by atoms with E-state index in [1.165, 1.54) is 44.7 Å². The van der Waals surface area contributed by atoms with Crippen molar-refractivity contribution < 1.29 is 19.4 Å². The molecule has 0 radical (unpaired) electrons. The summed E-state index contributed by atoms with van der Waals surface area (Å²) in [5.41, 5.74) is -0.0977. The zero-order valence-electron chi connectivity index (χ0n) is 11.3. The Labute approximate surface area is 125 Å². The number of carboxylic acid groups (broad SMARTS) is 1. The lowest BCUT2D eigenvalue weighted by Crippen LogP contribution is -2.19. The summed E-state index contributed by atoms with van der Waals surface area (Å²) in [7, 11) is 2.88. The maximum Gasteiger partial charge on any atom is 0.337 e. The summed E-state index contributed by atoms with van der Waals surface area (Å²) < 4.78 is 11.4. The highest BCUT2D eigenvalue weighted by molar-refractivity contribution is 6.32. The lowest BCUT2D eigenvalue weighted by atomic mass is 10.2. The van der Waals surface area contributed by atoms with Gasteiger partial charge in [-0.2, -0.15) is 0 Å². The highest BCUT2D eigenvalue weighted by Crippen LogP contribution is 2.34. The third-order valence-electron chi connectivity index (χ3n) is 2.87. The quantitative estimate of drug-likeness (QED) is 0.937. The molecule has 21 heavy (non-hydrogen) atoms. The van der Waals surface area contributed by atoms with Crippen molar-refractivity contribution in [2.24, 2.45) is 0 Å². The van der Waals surface area contributed by atoms with E-state index in [4.69, 9.17) is 26.2 Å². The van der Waals surface area contributed by atoms with Crippen molar-refractivity contribution in [1.29, 1.82) is 0 Å². The molecular formula is C14H12ClNO5. The Bertz CT molecular complexity index is 754. The van der Waals surface area contributed by atoms with Crippen LogP contribution in [0.2, 0.25) is 5.02 Å². The van der Waals surface area contributed by atoms with Crippen molar-refractivity contribution in [2.45, 2.75) is 0 Å². The summed E-state index contributed by atoms with van der Waals surface area (Å²) in [5.74, 6) is -0.414. The number of halogens is 1. The predicted molar refractivity (Wildman–Crippen MR) is 77.1 cm³/mol. The maximum atomic E-state index is 12.0. The van der Waals surface area contributed by atoms with Crippen LogP contribution in [-0.4, -0.2) is 29.9 Å². The molecule has 0 spiro atoms. The zero-order valence-corrected chi connectivity index (χ0v) is 12.0. The summed E-state index contributed by atoms with van der Waals surface area (Å²) in [4.78, 5) is 23.0. The number of hydrogen-bond donors (Lipinski definition) is 1. The van der Waals surface area contributed by atoms with Gasteiger partial charge < -0.3 is 14.6 Å². The maximum absolute atomic E-state index is 12.0. The van der Waals surface area contributed by atoms with Gasteiger partial charge in [0.05, 0.1) is 30.5 Å². The molecule has 2 rings (SSSR count). The molecule has 1 aromatic carbocycles. The topological polar surface area (TPSA) is 77.8 Å². The second-order valence-electron chi connectivity index (χ2n) is 4.09. The number of aromatic carboxylic acids is 1. The van der Waals surface area contributed by atoms with E-state index in [1.807, 2.05) is 0 Å². The molecule has 0 unspecified atom stereocenters. The van der Waals surface area contributed by atoms with Gasteiger partial charge in [-0.05, 0) is 12.1 Å². The van der Waals surface area contributed by atoms with Gasteiger partial charge in [0.25, 0.3) is 5.56 Å². The first-order chi connectivity index (χ1) is 9.97. The number of hydrogen-bond acceptors (Lipinski definition) is 4. The molecule has 0 fully saturated rings. The van der Waals surface area contributed by atoms with E-state index in [1.54, 1.807) is 0 Å². The fourth-order valence-electron chi connectivity index (χ4n) is 1.83. The van der Waals surface area contributed by atoms with Crippen molar-refractivity contribution >= 4 is 17.6 Å². The highest BCUT2D eigenvalue weighted by atomic mass is 35.5. The summed E-state index contributed by atoms with van der Waals surface area (Å²) in [6.07, 6.45) is 1.21. The van der Waals surface area contributed by atoms with Crippen LogP contribution < -0.4 is 15.0 Å². The fourth-order valence-corrected chi connectivity index (χ4v) is 2.07. The number of rotatable bonds is 4. The predicted octanol–water partition coefficient (Wildman–Crippen LogP) is 2.21. The van der Waals surface area contributed by atoms with Crippen LogP contribution in [0.5, 0.6) is 11.5 Å². The van der Waals surface area contributed by atoms with Crippen molar-refractivity contribution in [2.75, 3.05) is 14.2 Å². The van der Waals surface area contributed by atoms with Crippen LogP contribution >= 0.6 is 11.6 Å². The SMILES string of the molecule is COc1cc(OC)c(-n2cc(C(=O)O)ccc2=O)cc1Cl. The lowest BCUT2D eigenvalue weighted by molar-refractivity contribution is 0.0696. The minimum Gasteiger partial charge on any atom is -0.495 e. The molecule has 1 heterocycles. The van der Waals surface area contributed by atoms with E-state index in [2.05, 4.69) is 0 Å². The minimum absolute atomic E-state index is 0.0245. The molecular weight excluding hydrogens is 298 g/mol. The van der Waals surface area contributed by atoms with E-state index in [-0.39, 0.29) is 10.6 Å². The van der Waals surface area contributed by atoms with Crippen LogP contribution in [0.15, 0.2) is 35.3 Å². The van der Waals surface area contributed by atoms with E-state index in [0.717, 1.165) is 4.57 Å². The van der Waals surface area contributed by atoms with Gasteiger partial charge in [-0.1, -0.05) is 11.6 Å². The molecule has 0 aliphatic rings.